The normalized spacial score (nSPS) is 11.6. The van der Waals surface area contributed by atoms with Crippen LogP contribution in [-0.2, 0) is 6.54 Å². The largest absolute Gasteiger partial charge is 0.179 e. The second kappa shape index (κ2) is 5.57. The smallest absolute Gasteiger partial charge is 0.121 e. The zero-order chi connectivity index (χ0) is 16.8. The van der Waals surface area contributed by atoms with Crippen molar-refractivity contribution in [3.63, 3.8) is 0 Å². The first-order chi connectivity index (χ1) is 12.3. The highest BCUT2D eigenvalue weighted by atomic mass is 35.5. The molecule has 0 fully saturated rings. The molecule has 1 heterocycles. The van der Waals surface area contributed by atoms with E-state index in [9.17, 15) is 0 Å². The topological polar surface area (TPSA) is 30.7 Å². The molecule has 0 saturated carbocycles. The van der Waals surface area contributed by atoms with Crippen molar-refractivity contribution in [2.24, 2.45) is 0 Å². The highest BCUT2D eigenvalue weighted by Gasteiger charge is 2.13. The molecule has 1 aromatic heterocycles. The lowest BCUT2D eigenvalue weighted by atomic mass is 10.0. The predicted molar refractivity (Wildman–Crippen MR) is 103 cm³/mol. The summed E-state index contributed by atoms with van der Waals surface area (Å²) in [4.78, 5) is 1.74. The maximum absolute atomic E-state index is 6.29. The van der Waals surface area contributed by atoms with Crippen LogP contribution in [0.4, 0.5) is 0 Å². The van der Waals surface area contributed by atoms with E-state index < -0.39 is 0 Å². The summed E-state index contributed by atoms with van der Waals surface area (Å²) in [5.74, 6) is 0. The van der Waals surface area contributed by atoms with Crippen LogP contribution in [0.15, 0.2) is 72.8 Å². The van der Waals surface area contributed by atoms with Crippen LogP contribution >= 0.6 is 11.6 Å². The molecule has 5 aromatic rings. The zero-order valence-electron chi connectivity index (χ0n) is 13.4. The Morgan fingerprint density at radius 1 is 0.640 bits per heavy atom. The summed E-state index contributed by atoms with van der Waals surface area (Å²) in [6.07, 6.45) is 0. The van der Waals surface area contributed by atoms with E-state index in [1.165, 1.54) is 10.8 Å². The monoisotopic (exact) mass is 343 g/mol. The van der Waals surface area contributed by atoms with Gasteiger partial charge in [0.2, 0.25) is 0 Å². The van der Waals surface area contributed by atoms with Crippen molar-refractivity contribution in [3.8, 4) is 0 Å². The zero-order valence-corrected chi connectivity index (χ0v) is 14.1. The number of rotatable bonds is 2. The van der Waals surface area contributed by atoms with Crippen LogP contribution in [0.5, 0.6) is 0 Å². The Morgan fingerprint density at radius 3 is 1.68 bits per heavy atom. The molecule has 0 aliphatic rings. The summed E-state index contributed by atoms with van der Waals surface area (Å²) in [5.41, 5.74) is 2.88. The Morgan fingerprint density at radius 2 is 1.12 bits per heavy atom. The van der Waals surface area contributed by atoms with E-state index in [1.54, 1.807) is 4.80 Å². The van der Waals surface area contributed by atoms with Crippen LogP contribution in [0, 0.1) is 0 Å². The molecule has 3 nitrogen and oxygen atoms in total. The minimum Gasteiger partial charge on any atom is -0.179 e. The van der Waals surface area contributed by atoms with Crippen LogP contribution in [0.1, 0.15) is 5.56 Å². The molecule has 5 rings (SSSR count). The number of fused-ring (bicyclic) bond motifs is 6. The van der Waals surface area contributed by atoms with Gasteiger partial charge in [-0.2, -0.15) is 15.0 Å². The van der Waals surface area contributed by atoms with Gasteiger partial charge in [0, 0.05) is 15.8 Å². The number of nitrogens with zero attached hydrogens (tertiary/aromatic N) is 3. The number of aromatic nitrogens is 3. The maximum atomic E-state index is 6.29. The van der Waals surface area contributed by atoms with E-state index in [0.717, 1.165) is 32.4 Å². The summed E-state index contributed by atoms with van der Waals surface area (Å²) in [7, 11) is 0. The molecule has 0 N–H and O–H groups in total. The van der Waals surface area contributed by atoms with Crippen molar-refractivity contribution in [3.05, 3.63) is 83.4 Å². The van der Waals surface area contributed by atoms with Crippen LogP contribution in [0.25, 0.3) is 32.6 Å². The Labute approximate surface area is 149 Å². The number of benzene rings is 4. The van der Waals surface area contributed by atoms with Crippen molar-refractivity contribution in [2.45, 2.75) is 6.54 Å². The molecule has 0 aliphatic carbocycles. The fourth-order valence-corrected chi connectivity index (χ4v) is 3.60. The first kappa shape index (κ1) is 14.4. The molecule has 0 saturated heterocycles. The van der Waals surface area contributed by atoms with Crippen molar-refractivity contribution in [2.75, 3.05) is 0 Å². The molecule has 0 amide bonds. The minimum absolute atomic E-state index is 0.553. The van der Waals surface area contributed by atoms with E-state index in [4.69, 9.17) is 21.8 Å². The van der Waals surface area contributed by atoms with Gasteiger partial charge in [0.15, 0.2) is 0 Å². The van der Waals surface area contributed by atoms with E-state index >= 15 is 0 Å². The van der Waals surface area contributed by atoms with Crippen LogP contribution in [0.3, 0.4) is 0 Å². The quantitative estimate of drug-likeness (QED) is 0.399. The van der Waals surface area contributed by atoms with Crippen molar-refractivity contribution >= 4 is 44.2 Å². The maximum Gasteiger partial charge on any atom is 0.121 e. The lowest BCUT2D eigenvalue weighted by molar-refractivity contribution is 0.601. The number of hydrogen-bond acceptors (Lipinski definition) is 2. The minimum atomic E-state index is 0.553. The van der Waals surface area contributed by atoms with Crippen molar-refractivity contribution in [1.82, 2.24) is 15.0 Å². The Hall–Kier alpha value is -2.91. The van der Waals surface area contributed by atoms with E-state index in [1.807, 2.05) is 36.4 Å². The van der Waals surface area contributed by atoms with Gasteiger partial charge in [-0.25, -0.2) is 0 Å². The molecule has 120 valence electrons. The third-order valence-corrected chi connectivity index (χ3v) is 4.95. The fourth-order valence-electron chi connectivity index (χ4n) is 3.41. The van der Waals surface area contributed by atoms with Gasteiger partial charge in [-0.1, -0.05) is 78.3 Å². The second-order valence-corrected chi connectivity index (χ2v) is 6.52. The summed E-state index contributed by atoms with van der Waals surface area (Å²) >= 11 is 6.29. The van der Waals surface area contributed by atoms with Crippen LogP contribution in [-0.4, -0.2) is 15.0 Å². The molecule has 0 spiro atoms. The predicted octanol–water partition coefficient (Wildman–Crippen LogP) is 5.44. The highest BCUT2D eigenvalue weighted by molar-refractivity contribution is 6.31. The van der Waals surface area contributed by atoms with Gasteiger partial charge in [0.1, 0.15) is 11.0 Å². The van der Waals surface area contributed by atoms with E-state index in [-0.39, 0.29) is 0 Å². The molecule has 0 aliphatic heterocycles. The van der Waals surface area contributed by atoms with Gasteiger partial charge >= 0.3 is 0 Å². The molecule has 0 radical (unpaired) electrons. The highest BCUT2D eigenvalue weighted by Crippen LogP contribution is 2.32. The standard InChI is InChI=1S/C21H14ClN3/c22-19-12-6-1-7-14(19)13-25-23-20-17-10-4-2-8-15(17)16-9-3-5-11-18(16)21(20)24-25/h1-12H,13H2. The first-order valence-electron chi connectivity index (χ1n) is 8.19. The summed E-state index contributed by atoms with van der Waals surface area (Å²) in [6.45, 7) is 0.553. The first-order valence-corrected chi connectivity index (χ1v) is 8.57. The van der Waals surface area contributed by atoms with Gasteiger partial charge in [0.05, 0.1) is 6.54 Å². The van der Waals surface area contributed by atoms with Gasteiger partial charge in [-0.05, 0) is 22.4 Å². The van der Waals surface area contributed by atoms with E-state index in [2.05, 4.69) is 36.4 Å². The molecule has 0 atom stereocenters. The summed E-state index contributed by atoms with van der Waals surface area (Å²) in [6, 6.07) is 24.5. The Kier molecular flexibility index (Phi) is 3.22. The molecule has 0 unspecified atom stereocenters. The molecule has 4 aromatic carbocycles. The molecular weight excluding hydrogens is 330 g/mol. The molecule has 4 heteroatoms. The van der Waals surface area contributed by atoms with Gasteiger partial charge in [-0.3, -0.25) is 0 Å². The van der Waals surface area contributed by atoms with Crippen LogP contribution < -0.4 is 0 Å². The average Bonchev–Trinajstić information content (AvgIpc) is 3.08. The third kappa shape index (κ3) is 2.28. The fraction of sp³-hybridized carbons (Fsp3) is 0.0476. The summed E-state index contributed by atoms with van der Waals surface area (Å²) < 4.78 is 0. The van der Waals surface area contributed by atoms with Gasteiger partial charge < -0.3 is 0 Å². The Bertz CT molecular complexity index is 1170. The molecule has 0 bridgehead atoms. The lowest BCUT2D eigenvalue weighted by Crippen LogP contribution is -2.03. The number of hydrogen-bond donors (Lipinski definition) is 0. The number of halogens is 1. The average molecular weight is 344 g/mol. The second-order valence-electron chi connectivity index (χ2n) is 6.11. The van der Waals surface area contributed by atoms with Gasteiger partial charge in [-0.15, -0.1) is 0 Å². The van der Waals surface area contributed by atoms with Crippen molar-refractivity contribution in [1.29, 1.82) is 0 Å². The Balaban J connectivity index is 1.80. The lowest BCUT2D eigenvalue weighted by Gasteiger charge is -2.04. The van der Waals surface area contributed by atoms with Crippen molar-refractivity contribution < 1.29 is 0 Å². The SMILES string of the molecule is Clc1ccccc1Cn1nc2c3ccccc3c3ccccc3c2n1. The summed E-state index contributed by atoms with van der Waals surface area (Å²) in [5, 5.41) is 14.9. The van der Waals surface area contributed by atoms with Gasteiger partial charge in [0.25, 0.3) is 0 Å². The molecular formula is C21H14ClN3. The molecule has 25 heavy (non-hydrogen) atoms. The van der Waals surface area contributed by atoms with E-state index in [0.29, 0.717) is 6.54 Å². The third-order valence-electron chi connectivity index (χ3n) is 4.58. The van der Waals surface area contributed by atoms with Crippen LogP contribution in [0.2, 0.25) is 5.02 Å².